The molecule has 1 aliphatic carbocycles. The number of cyclic esters (lactones) is 1. The molecule has 4 N–H and O–H groups in total. The van der Waals surface area contributed by atoms with Crippen LogP contribution in [0.15, 0.2) is 18.2 Å². The summed E-state index contributed by atoms with van der Waals surface area (Å²) < 4.78 is 11.2. The number of hydrogen-bond acceptors (Lipinski definition) is 7. The van der Waals surface area contributed by atoms with Gasteiger partial charge in [0.2, 0.25) is 18.1 Å². The summed E-state index contributed by atoms with van der Waals surface area (Å²) in [7, 11) is 0. The van der Waals surface area contributed by atoms with E-state index in [0.717, 1.165) is 25.7 Å². The third-order valence-electron chi connectivity index (χ3n) is 6.74. The van der Waals surface area contributed by atoms with E-state index in [4.69, 9.17) is 26.8 Å². The number of nitrogens with zero attached hydrogens (tertiary/aromatic N) is 1. The first-order valence-electron chi connectivity index (χ1n) is 12.0. The number of nitrogens with two attached hydrogens (primary N) is 1. The molecule has 3 amide bonds. The van der Waals surface area contributed by atoms with Crippen LogP contribution in [0, 0.1) is 0 Å². The second kappa shape index (κ2) is 10.8. The van der Waals surface area contributed by atoms with Crippen molar-refractivity contribution in [3.8, 4) is 0 Å². The highest BCUT2D eigenvalue weighted by Crippen LogP contribution is 2.27. The number of carbonyl (C=O) groups is 4. The van der Waals surface area contributed by atoms with E-state index in [1.165, 1.54) is 23.1 Å². The van der Waals surface area contributed by atoms with Crippen LogP contribution >= 0.6 is 11.6 Å². The van der Waals surface area contributed by atoms with Crippen molar-refractivity contribution in [2.24, 2.45) is 0 Å². The third kappa shape index (κ3) is 5.87. The Morgan fingerprint density at radius 2 is 1.94 bits per heavy atom. The molecule has 11 heteroatoms. The zero-order chi connectivity index (χ0) is 25.1. The predicted molar refractivity (Wildman–Crippen MR) is 127 cm³/mol. The van der Waals surface area contributed by atoms with Gasteiger partial charge in [0.25, 0.3) is 5.91 Å². The molecule has 2 saturated heterocycles. The Balaban J connectivity index is 1.35. The maximum atomic E-state index is 13.1. The molecule has 4 rings (SSSR count). The second-order valence-corrected chi connectivity index (χ2v) is 9.75. The number of nitrogen functional groups attached to an aromatic ring is 1. The van der Waals surface area contributed by atoms with Gasteiger partial charge in [0, 0.05) is 12.1 Å². The molecule has 35 heavy (non-hydrogen) atoms. The fourth-order valence-corrected chi connectivity index (χ4v) is 5.01. The molecule has 0 spiro atoms. The lowest BCUT2D eigenvalue weighted by Crippen LogP contribution is -2.54. The zero-order valence-corrected chi connectivity index (χ0v) is 20.4. The van der Waals surface area contributed by atoms with Crippen molar-refractivity contribution in [3.63, 3.8) is 0 Å². The summed E-state index contributed by atoms with van der Waals surface area (Å²) in [5.41, 5.74) is 6.31. The maximum Gasteiger partial charge on any atom is 0.310 e. The highest BCUT2D eigenvalue weighted by atomic mass is 35.5. The molecule has 0 bridgehead atoms. The lowest BCUT2D eigenvalue weighted by molar-refractivity contribution is -0.176. The molecule has 3 aliphatic rings. The normalized spacial score (nSPS) is 25.4. The molecule has 10 nitrogen and oxygen atoms in total. The van der Waals surface area contributed by atoms with Gasteiger partial charge in [0.1, 0.15) is 18.1 Å². The average Bonchev–Trinajstić information content (AvgIpc) is 3.57. The largest absolute Gasteiger partial charge is 0.433 e. The number of likely N-dealkylation sites (tertiary alicyclic amines) is 1. The lowest BCUT2D eigenvalue weighted by atomic mass is 10.1. The van der Waals surface area contributed by atoms with Crippen LogP contribution in [0.25, 0.3) is 0 Å². The number of anilines is 1. The van der Waals surface area contributed by atoms with Crippen molar-refractivity contribution in [1.29, 1.82) is 0 Å². The topological polar surface area (TPSA) is 140 Å². The lowest BCUT2D eigenvalue weighted by Gasteiger charge is -2.29. The predicted octanol–water partition coefficient (Wildman–Crippen LogP) is 1.75. The van der Waals surface area contributed by atoms with Crippen molar-refractivity contribution in [1.82, 2.24) is 15.5 Å². The summed E-state index contributed by atoms with van der Waals surface area (Å²) in [5.74, 6) is -1.61. The van der Waals surface area contributed by atoms with E-state index in [-0.39, 0.29) is 34.9 Å². The minimum absolute atomic E-state index is 0.0234. The first-order valence-corrected chi connectivity index (χ1v) is 12.4. The van der Waals surface area contributed by atoms with E-state index in [9.17, 15) is 19.2 Å². The van der Waals surface area contributed by atoms with Crippen molar-refractivity contribution in [2.45, 2.75) is 82.4 Å². The van der Waals surface area contributed by atoms with Gasteiger partial charge in [-0.2, -0.15) is 0 Å². The van der Waals surface area contributed by atoms with Crippen LogP contribution in [0.2, 0.25) is 5.02 Å². The molecule has 4 unspecified atom stereocenters. The number of esters is 1. The molecule has 2 heterocycles. The van der Waals surface area contributed by atoms with Gasteiger partial charge in [-0.05, 0) is 50.8 Å². The molecule has 0 aromatic heterocycles. The number of carbonyl (C=O) groups excluding carboxylic acids is 4. The standard InChI is InChI=1S/C24H31ClN4O6/c1-13(27-21(31)14-8-9-17(26)16(25)11-14)23(33)29-10-4-7-19(29)22(32)28-18-12-20(30)35-24(18)34-15-5-2-3-6-15/h8-9,11,13,15,18-19,24H,2-7,10,12,26H2,1H3,(H,27,31)(H,28,32). The number of benzene rings is 1. The van der Waals surface area contributed by atoms with Crippen molar-refractivity contribution < 1.29 is 28.7 Å². The van der Waals surface area contributed by atoms with Gasteiger partial charge in [-0.1, -0.05) is 24.4 Å². The molecular weight excluding hydrogens is 476 g/mol. The van der Waals surface area contributed by atoms with E-state index in [1.807, 2.05) is 0 Å². The molecule has 1 saturated carbocycles. The van der Waals surface area contributed by atoms with Crippen LogP contribution in [0.5, 0.6) is 0 Å². The van der Waals surface area contributed by atoms with Crippen LogP contribution in [-0.2, 0) is 23.9 Å². The van der Waals surface area contributed by atoms with Gasteiger partial charge in [0.05, 0.1) is 23.2 Å². The molecular formula is C24H31ClN4O6. The summed E-state index contributed by atoms with van der Waals surface area (Å²) >= 11 is 5.99. The van der Waals surface area contributed by atoms with Gasteiger partial charge in [-0.15, -0.1) is 0 Å². The van der Waals surface area contributed by atoms with Gasteiger partial charge in [-0.3, -0.25) is 19.2 Å². The summed E-state index contributed by atoms with van der Waals surface area (Å²) in [5, 5.41) is 5.77. The van der Waals surface area contributed by atoms with E-state index in [2.05, 4.69) is 10.6 Å². The summed E-state index contributed by atoms with van der Waals surface area (Å²) in [4.78, 5) is 52.1. The minimum Gasteiger partial charge on any atom is -0.433 e. The van der Waals surface area contributed by atoms with E-state index in [1.54, 1.807) is 6.92 Å². The highest BCUT2D eigenvalue weighted by molar-refractivity contribution is 6.33. The Morgan fingerprint density at radius 3 is 2.66 bits per heavy atom. The number of halogens is 1. The van der Waals surface area contributed by atoms with Crippen molar-refractivity contribution in [3.05, 3.63) is 28.8 Å². The smallest absolute Gasteiger partial charge is 0.310 e. The Hall–Kier alpha value is -2.85. The number of amides is 3. The summed E-state index contributed by atoms with van der Waals surface area (Å²) in [6.07, 6.45) is 4.34. The molecule has 0 radical (unpaired) electrons. The van der Waals surface area contributed by atoms with Gasteiger partial charge in [-0.25, -0.2) is 0 Å². The van der Waals surface area contributed by atoms with Gasteiger partial charge >= 0.3 is 5.97 Å². The molecule has 4 atom stereocenters. The minimum atomic E-state index is -0.859. The molecule has 2 aliphatic heterocycles. The fourth-order valence-electron chi connectivity index (χ4n) is 4.83. The summed E-state index contributed by atoms with van der Waals surface area (Å²) in [6, 6.07) is 2.32. The van der Waals surface area contributed by atoms with Crippen molar-refractivity contribution >= 4 is 41.0 Å². The van der Waals surface area contributed by atoms with Gasteiger partial charge < -0.3 is 30.7 Å². The van der Waals surface area contributed by atoms with Crippen LogP contribution in [-0.4, -0.2) is 65.7 Å². The Kier molecular flexibility index (Phi) is 7.81. The molecule has 190 valence electrons. The SMILES string of the molecule is CC(NC(=O)c1ccc(N)c(Cl)c1)C(=O)N1CCCC1C(=O)NC1CC(=O)OC1OC1CCCC1. The Morgan fingerprint density at radius 1 is 1.20 bits per heavy atom. The average molecular weight is 507 g/mol. The van der Waals surface area contributed by atoms with E-state index >= 15 is 0 Å². The third-order valence-corrected chi connectivity index (χ3v) is 7.07. The summed E-state index contributed by atoms with van der Waals surface area (Å²) in [6.45, 7) is 1.97. The van der Waals surface area contributed by atoms with E-state index < -0.39 is 36.3 Å². The number of ether oxygens (including phenoxy) is 2. The van der Waals surface area contributed by atoms with E-state index in [0.29, 0.717) is 25.1 Å². The van der Waals surface area contributed by atoms with Crippen LogP contribution in [0.1, 0.15) is 62.2 Å². The maximum absolute atomic E-state index is 13.1. The van der Waals surface area contributed by atoms with Crippen LogP contribution in [0.3, 0.4) is 0 Å². The van der Waals surface area contributed by atoms with Crippen LogP contribution in [0.4, 0.5) is 5.69 Å². The first kappa shape index (κ1) is 25.2. The highest BCUT2D eigenvalue weighted by Gasteiger charge is 2.42. The van der Waals surface area contributed by atoms with Gasteiger partial charge in [0.15, 0.2) is 0 Å². The Bertz CT molecular complexity index is 998. The molecule has 1 aromatic carbocycles. The second-order valence-electron chi connectivity index (χ2n) is 9.34. The zero-order valence-electron chi connectivity index (χ0n) is 19.6. The monoisotopic (exact) mass is 506 g/mol. The Labute approximate surface area is 208 Å². The number of rotatable bonds is 7. The number of hydrogen-bond donors (Lipinski definition) is 3. The molecule has 3 fully saturated rings. The fraction of sp³-hybridized carbons (Fsp3) is 0.583. The van der Waals surface area contributed by atoms with Crippen LogP contribution < -0.4 is 16.4 Å². The number of nitrogens with one attached hydrogen (secondary N) is 2. The first-order chi connectivity index (χ1) is 16.7. The quantitative estimate of drug-likeness (QED) is 0.378. The van der Waals surface area contributed by atoms with Crippen molar-refractivity contribution in [2.75, 3.05) is 12.3 Å². The molecule has 1 aromatic rings.